The van der Waals surface area contributed by atoms with Gasteiger partial charge in [-0.2, -0.15) is 0 Å². The van der Waals surface area contributed by atoms with Crippen molar-refractivity contribution in [1.29, 1.82) is 0 Å². The Hall–Kier alpha value is -1.33. The summed E-state index contributed by atoms with van der Waals surface area (Å²) < 4.78 is 1.98. The lowest BCUT2D eigenvalue weighted by Gasteiger charge is -2.09. The van der Waals surface area contributed by atoms with Crippen LogP contribution in [-0.4, -0.2) is 14.8 Å². The molecule has 1 aromatic carbocycles. The van der Waals surface area contributed by atoms with Crippen LogP contribution in [0.5, 0.6) is 0 Å². The quantitative estimate of drug-likeness (QED) is 0.920. The zero-order chi connectivity index (χ0) is 13.1. The van der Waals surface area contributed by atoms with Crippen LogP contribution < -0.4 is 5.73 Å². The van der Waals surface area contributed by atoms with Crippen LogP contribution in [0.2, 0.25) is 0 Å². The van der Waals surface area contributed by atoms with Crippen molar-refractivity contribution in [2.75, 3.05) is 0 Å². The second kappa shape index (κ2) is 5.54. The third kappa shape index (κ3) is 2.73. The summed E-state index contributed by atoms with van der Waals surface area (Å²) in [7, 11) is 1.97. The molecule has 5 heteroatoms. The first kappa shape index (κ1) is 13.1. The molecule has 96 valence electrons. The lowest BCUT2D eigenvalue weighted by molar-refractivity contribution is 0.698. The minimum absolute atomic E-state index is 0.126. The summed E-state index contributed by atoms with van der Waals surface area (Å²) in [4.78, 5) is 1.15. The smallest absolute Gasteiger partial charge is 0.195 e. The number of aromatic nitrogens is 3. The van der Waals surface area contributed by atoms with Crippen LogP contribution in [0.1, 0.15) is 30.8 Å². The number of hydrogen-bond acceptors (Lipinski definition) is 4. The highest BCUT2D eigenvalue weighted by Crippen LogP contribution is 2.27. The Morgan fingerprint density at radius 1 is 1.28 bits per heavy atom. The van der Waals surface area contributed by atoms with Gasteiger partial charge in [0, 0.05) is 18.0 Å². The third-order valence-corrected chi connectivity index (χ3v) is 4.06. The second-order valence-corrected chi connectivity index (χ2v) is 5.32. The van der Waals surface area contributed by atoms with Gasteiger partial charge in [0.25, 0.3) is 0 Å². The minimum atomic E-state index is 0.126. The molecule has 0 aliphatic heterocycles. The molecule has 2 aromatic rings. The Labute approximate surface area is 112 Å². The fourth-order valence-corrected chi connectivity index (χ4v) is 2.43. The van der Waals surface area contributed by atoms with E-state index in [9.17, 15) is 0 Å². The van der Waals surface area contributed by atoms with E-state index in [1.54, 1.807) is 11.8 Å². The van der Waals surface area contributed by atoms with E-state index < -0.39 is 0 Å². The maximum absolute atomic E-state index is 5.99. The van der Waals surface area contributed by atoms with E-state index >= 15 is 0 Å². The molecule has 0 amide bonds. The fourth-order valence-electron chi connectivity index (χ4n) is 1.60. The summed E-state index contributed by atoms with van der Waals surface area (Å²) in [6.45, 7) is 4.04. The summed E-state index contributed by atoms with van der Waals surface area (Å²) >= 11 is 1.61. The molecule has 4 nitrogen and oxygen atoms in total. The van der Waals surface area contributed by atoms with Gasteiger partial charge >= 0.3 is 0 Å². The number of rotatable bonds is 4. The molecule has 18 heavy (non-hydrogen) atoms. The van der Waals surface area contributed by atoms with Crippen molar-refractivity contribution < 1.29 is 0 Å². The van der Waals surface area contributed by atoms with Gasteiger partial charge in [0.1, 0.15) is 5.82 Å². The van der Waals surface area contributed by atoms with Crippen LogP contribution in [0.3, 0.4) is 0 Å². The molecule has 0 aliphatic carbocycles. The van der Waals surface area contributed by atoms with Crippen LogP contribution in [-0.2, 0) is 7.05 Å². The van der Waals surface area contributed by atoms with Gasteiger partial charge in [-0.05, 0) is 42.8 Å². The van der Waals surface area contributed by atoms with Crippen molar-refractivity contribution >= 4 is 11.8 Å². The number of nitrogens with zero attached hydrogens (tertiary/aromatic N) is 3. The van der Waals surface area contributed by atoms with Crippen LogP contribution in [0.4, 0.5) is 0 Å². The van der Waals surface area contributed by atoms with Crippen molar-refractivity contribution in [3.8, 4) is 0 Å². The van der Waals surface area contributed by atoms with Crippen molar-refractivity contribution in [3.05, 3.63) is 35.7 Å². The lowest BCUT2D eigenvalue weighted by Crippen LogP contribution is -2.07. The molecule has 0 spiro atoms. The standard InChI is InChI=1S/C13H18N4S/c1-4-12(14)10-5-7-11(8-6-10)18-13-16-15-9(2)17(13)3/h5-8,12H,4,14H2,1-3H3/t12-/m0/s1. The molecule has 0 fully saturated rings. The van der Waals surface area contributed by atoms with Gasteiger partial charge in [0.2, 0.25) is 0 Å². The van der Waals surface area contributed by atoms with E-state index in [-0.39, 0.29) is 6.04 Å². The highest BCUT2D eigenvalue weighted by atomic mass is 32.2. The Morgan fingerprint density at radius 3 is 2.44 bits per heavy atom. The van der Waals surface area contributed by atoms with Gasteiger partial charge in [-0.15, -0.1) is 10.2 Å². The highest BCUT2D eigenvalue weighted by Gasteiger charge is 2.08. The van der Waals surface area contributed by atoms with E-state index in [1.165, 1.54) is 5.56 Å². The predicted octanol–water partition coefficient (Wildman–Crippen LogP) is 2.68. The molecule has 2 N–H and O–H groups in total. The van der Waals surface area contributed by atoms with Crippen molar-refractivity contribution in [1.82, 2.24) is 14.8 Å². The molecule has 0 radical (unpaired) electrons. The van der Waals surface area contributed by atoms with Gasteiger partial charge in [-0.25, -0.2) is 0 Å². The fraction of sp³-hybridized carbons (Fsp3) is 0.385. The largest absolute Gasteiger partial charge is 0.324 e. The Balaban J connectivity index is 2.13. The van der Waals surface area contributed by atoms with E-state index in [0.717, 1.165) is 22.3 Å². The number of benzene rings is 1. The second-order valence-electron chi connectivity index (χ2n) is 4.27. The van der Waals surface area contributed by atoms with Gasteiger partial charge in [0.05, 0.1) is 0 Å². The van der Waals surface area contributed by atoms with Crippen LogP contribution in [0, 0.1) is 6.92 Å². The monoisotopic (exact) mass is 262 g/mol. The maximum Gasteiger partial charge on any atom is 0.195 e. The van der Waals surface area contributed by atoms with Gasteiger partial charge < -0.3 is 10.3 Å². The first-order chi connectivity index (χ1) is 8.61. The molecule has 2 rings (SSSR count). The first-order valence-corrected chi connectivity index (χ1v) is 6.83. The highest BCUT2D eigenvalue weighted by molar-refractivity contribution is 7.99. The molecule has 0 saturated heterocycles. The molecule has 1 heterocycles. The Bertz CT molecular complexity index is 518. The minimum Gasteiger partial charge on any atom is -0.324 e. The Morgan fingerprint density at radius 2 is 1.94 bits per heavy atom. The van der Waals surface area contributed by atoms with E-state index in [1.807, 2.05) is 18.5 Å². The third-order valence-electron chi connectivity index (χ3n) is 3.01. The zero-order valence-electron chi connectivity index (χ0n) is 10.9. The average molecular weight is 262 g/mol. The molecule has 1 aromatic heterocycles. The average Bonchev–Trinajstić information content (AvgIpc) is 2.71. The van der Waals surface area contributed by atoms with Gasteiger partial charge in [0.15, 0.2) is 5.16 Å². The molecular weight excluding hydrogens is 244 g/mol. The summed E-state index contributed by atoms with van der Waals surface area (Å²) in [5.74, 6) is 0.919. The molecule has 0 aliphatic rings. The topological polar surface area (TPSA) is 56.7 Å². The van der Waals surface area contributed by atoms with Crippen molar-refractivity contribution in [2.24, 2.45) is 12.8 Å². The molecular formula is C13H18N4S. The van der Waals surface area contributed by atoms with Crippen LogP contribution in [0.15, 0.2) is 34.3 Å². The zero-order valence-corrected chi connectivity index (χ0v) is 11.7. The summed E-state index contributed by atoms with van der Waals surface area (Å²) in [5, 5.41) is 9.08. The SMILES string of the molecule is CC[C@H](N)c1ccc(Sc2nnc(C)n2C)cc1. The van der Waals surface area contributed by atoms with Crippen LogP contribution in [0.25, 0.3) is 0 Å². The van der Waals surface area contributed by atoms with Crippen LogP contribution >= 0.6 is 11.8 Å². The van der Waals surface area contributed by atoms with E-state index in [0.29, 0.717) is 0 Å². The van der Waals surface area contributed by atoms with Crippen molar-refractivity contribution in [2.45, 2.75) is 36.4 Å². The summed E-state index contributed by atoms with van der Waals surface area (Å²) in [6, 6.07) is 8.46. The number of hydrogen-bond donors (Lipinski definition) is 1. The molecule has 0 saturated carbocycles. The number of aryl methyl sites for hydroxylation is 1. The summed E-state index contributed by atoms with van der Waals surface area (Å²) in [5.41, 5.74) is 7.17. The maximum atomic E-state index is 5.99. The Kier molecular flexibility index (Phi) is 4.04. The molecule has 1 atom stereocenters. The van der Waals surface area contributed by atoms with E-state index in [4.69, 9.17) is 5.73 Å². The molecule has 0 unspecified atom stereocenters. The lowest BCUT2D eigenvalue weighted by atomic mass is 10.1. The van der Waals surface area contributed by atoms with Gasteiger partial charge in [-0.3, -0.25) is 0 Å². The van der Waals surface area contributed by atoms with Crippen molar-refractivity contribution in [3.63, 3.8) is 0 Å². The normalized spacial score (nSPS) is 12.7. The van der Waals surface area contributed by atoms with Gasteiger partial charge in [-0.1, -0.05) is 19.1 Å². The van der Waals surface area contributed by atoms with E-state index in [2.05, 4.69) is 41.4 Å². The molecule has 0 bridgehead atoms. The first-order valence-electron chi connectivity index (χ1n) is 6.01. The predicted molar refractivity (Wildman–Crippen MR) is 73.5 cm³/mol. The summed E-state index contributed by atoms with van der Waals surface area (Å²) in [6.07, 6.45) is 0.953. The number of nitrogens with two attached hydrogens (primary N) is 1.